The highest BCUT2D eigenvalue weighted by Gasteiger charge is 2.12. The summed E-state index contributed by atoms with van der Waals surface area (Å²) in [7, 11) is -3.92. The Hall–Kier alpha value is -0.610. The molecule has 0 spiro atoms. The SMILES string of the molecule is O=S(=O)(O)C1=CC=CCC1. The van der Waals surface area contributed by atoms with E-state index in [-0.39, 0.29) is 4.91 Å². The lowest BCUT2D eigenvalue weighted by Crippen LogP contribution is -2.02. The van der Waals surface area contributed by atoms with Crippen LogP contribution in [-0.2, 0) is 10.1 Å². The Morgan fingerprint density at radius 3 is 2.50 bits per heavy atom. The van der Waals surface area contributed by atoms with E-state index in [0.717, 1.165) is 0 Å². The van der Waals surface area contributed by atoms with E-state index < -0.39 is 10.1 Å². The van der Waals surface area contributed by atoms with Gasteiger partial charge in [0, 0.05) is 0 Å². The molecule has 0 radical (unpaired) electrons. The van der Waals surface area contributed by atoms with E-state index in [9.17, 15) is 8.42 Å². The van der Waals surface area contributed by atoms with Crippen LogP contribution >= 0.6 is 0 Å². The molecule has 0 aliphatic heterocycles. The second-order valence-electron chi connectivity index (χ2n) is 2.07. The maximum Gasteiger partial charge on any atom is 0.290 e. The predicted octanol–water partition coefficient (Wildman–Crippen LogP) is 1.11. The average Bonchev–Trinajstić information content (AvgIpc) is 1.88. The van der Waals surface area contributed by atoms with Crippen LogP contribution in [0.4, 0.5) is 0 Å². The Balaban J connectivity index is 2.93. The maximum atomic E-state index is 10.4. The summed E-state index contributed by atoms with van der Waals surface area (Å²) in [6.45, 7) is 0. The summed E-state index contributed by atoms with van der Waals surface area (Å²) in [6.07, 6.45) is 6.00. The van der Waals surface area contributed by atoms with Crippen molar-refractivity contribution in [2.24, 2.45) is 0 Å². The molecule has 1 N–H and O–H groups in total. The molecule has 0 aromatic rings. The summed E-state index contributed by atoms with van der Waals surface area (Å²) in [5, 5.41) is 0. The van der Waals surface area contributed by atoms with Crippen molar-refractivity contribution in [2.45, 2.75) is 12.8 Å². The zero-order chi connectivity index (χ0) is 7.61. The van der Waals surface area contributed by atoms with Crippen molar-refractivity contribution in [3.63, 3.8) is 0 Å². The highest BCUT2D eigenvalue weighted by atomic mass is 32.2. The van der Waals surface area contributed by atoms with Crippen LogP contribution in [-0.4, -0.2) is 13.0 Å². The minimum atomic E-state index is -3.92. The van der Waals surface area contributed by atoms with Gasteiger partial charge in [-0.2, -0.15) is 8.42 Å². The fourth-order valence-corrected chi connectivity index (χ4v) is 1.42. The van der Waals surface area contributed by atoms with Gasteiger partial charge >= 0.3 is 0 Å². The third-order valence-electron chi connectivity index (χ3n) is 1.31. The molecule has 0 atom stereocenters. The van der Waals surface area contributed by atoms with Crippen molar-refractivity contribution >= 4 is 10.1 Å². The van der Waals surface area contributed by atoms with Crippen molar-refractivity contribution < 1.29 is 13.0 Å². The molecule has 0 heterocycles. The maximum absolute atomic E-state index is 10.4. The summed E-state index contributed by atoms with van der Waals surface area (Å²) >= 11 is 0. The van der Waals surface area contributed by atoms with Gasteiger partial charge in [0.1, 0.15) is 0 Å². The highest BCUT2D eigenvalue weighted by Crippen LogP contribution is 2.15. The number of rotatable bonds is 1. The lowest BCUT2D eigenvalue weighted by molar-refractivity contribution is 0.489. The van der Waals surface area contributed by atoms with Gasteiger partial charge in [-0.15, -0.1) is 0 Å². The standard InChI is InChI=1S/C6H8O3S/c7-10(8,9)6-4-2-1-3-5-6/h1-2,4H,3,5H2,(H,7,8,9). The third kappa shape index (κ3) is 1.68. The van der Waals surface area contributed by atoms with Gasteiger partial charge in [0.15, 0.2) is 0 Å². The van der Waals surface area contributed by atoms with E-state index >= 15 is 0 Å². The average molecular weight is 160 g/mol. The Kier molecular flexibility index (Phi) is 1.92. The minimum Gasteiger partial charge on any atom is -0.282 e. The fraction of sp³-hybridized carbons (Fsp3) is 0.333. The van der Waals surface area contributed by atoms with E-state index in [1.807, 2.05) is 6.08 Å². The Bertz CT molecular complexity index is 271. The van der Waals surface area contributed by atoms with Gasteiger partial charge in [0.25, 0.3) is 10.1 Å². The first kappa shape index (κ1) is 7.50. The number of hydrogen-bond acceptors (Lipinski definition) is 2. The van der Waals surface area contributed by atoms with E-state index in [2.05, 4.69) is 0 Å². The molecule has 0 fully saturated rings. The van der Waals surface area contributed by atoms with Crippen molar-refractivity contribution in [1.82, 2.24) is 0 Å². The van der Waals surface area contributed by atoms with Crippen LogP contribution in [0.3, 0.4) is 0 Å². The molecule has 0 unspecified atom stereocenters. The number of allylic oxidation sites excluding steroid dienone is 4. The van der Waals surface area contributed by atoms with Crippen molar-refractivity contribution in [3.8, 4) is 0 Å². The molecule has 0 amide bonds. The van der Waals surface area contributed by atoms with E-state index in [4.69, 9.17) is 4.55 Å². The largest absolute Gasteiger partial charge is 0.290 e. The summed E-state index contributed by atoms with van der Waals surface area (Å²) in [4.78, 5) is 0.106. The first-order valence-corrected chi connectivity index (χ1v) is 4.38. The second-order valence-corrected chi connectivity index (χ2v) is 3.55. The van der Waals surface area contributed by atoms with Crippen molar-refractivity contribution in [2.75, 3.05) is 0 Å². The van der Waals surface area contributed by atoms with Gasteiger partial charge in [-0.05, 0) is 18.9 Å². The van der Waals surface area contributed by atoms with Crippen LogP contribution in [0.2, 0.25) is 0 Å². The lowest BCUT2D eigenvalue weighted by atomic mass is 10.2. The predicted molar refractivity (Wildman–Crippen MR) is 38.0 cm³/mol. The fourth-order valence-electron chi connectivity index (χ4n) is 0.795. The Labute approximate surface area is 59.8 Å². The smallest absolute Gasteiger partial charge is 0.282 e. The highest BCUT2D eigenvalue weighted by molar-refractivity contribution is 7.89. The molecule has 1 aliphatic rings. The molecular weight excluding hydrogens is 152 g/mol. The molecule has 0 aromatic carbocycles. The van der Waals surface area contributed by atoms with Crippen LogP contribution < -0.4 is 0 Å². The zero-order valence-corrected chi connectivity index (χ0v) is 6.13. The monoisotopic (exact) mass is 160 g/mol. The lowest BCUT2D eigenvalue weighted by Gasteiger charge is -2.03. The van der Waals surface area contributed by atoms with Crippen molar-refractivity contribution in [3.05, 3.63) is 23.1 Å². The molecule has 3 nitrogen and oxygen atoms in total. The molecule has 0 saturated heterocycles. The summed E-state index contributed by atoms with van der Waals surface area (Å²) in [6, 6.07) is 0. The van der Waals surface area contributed by atoms with Crippen LogP contribution in [0, 0.1) is 0 Å². The van der Waals surface area contributed by atoms with Gasteiger partial charge < -0.3 is 0 Å². The normalized spacial score (nSPS) is 18.7. The van der Waals surface area contributed by atoms with Crippen LogP contribution in [0.15, 0.2) is 23.1 Å². The summed E-state index contributed by atoms with van der Waals surface area (Å²) in [5.41, 5.74) is 0. The molecule has 4 heteroatoms. The minimum absolute atomic E-state index is 0.106. The molecule has 1 aliphatic carbocycles. The van der Waals surface area contributed by atoms with E-state index in [1.165, 1.54) is 6.08 Å². The molecule has 1 rings (SSSR count). The molecular formula is C6H8O3S. The second kappa shape index (κ2) is 2.56. The van der Waals surface area contributed by atoms with Gasteiger partial charge in [-0.3, -0.25) is 4.55 Å². The van der Waals surface area contributed by atoms with E-state index in [0.29, 0.717) is 12.8 Å². The Morgan fingerprint density at radius 1 is 1.50 bits per heavy atom. The van der Waals surface area contributed by atoms with Crippen LogP contribution in [0.5, 0.6) is 0 Å². The Morgan fingerprint density at radius 2 is 2.20 bits per heavy atom. The molecule has 56 valence electrons. The molecule has 0 aromatic heterocycles. The topological polar surface area (TPSA) is 54.4 Å². The van der Waals surface area contributed by atoms with E-state index in [1.54, 1.807) is 6.08 Å². The van der Waals surface area contributed by atoms with Crippen LogP contribution in [0.25, 0.3) is 0 Å². The van der Waals surface area contributed by atoms with Gasteiger partial charge in [0.2, 0.25) is 0 Å². The van der Waals surface area contributed by atoms with Crippen LogP contribution in [0.1, 0.15) is 12.8 Å². The summed E-state index contributed by atoms with van der Waals surface area (Å²) < 4.78 is 29.4. The zero-order valence-electron chi connectivity index (χ0n) is 5.32. The third-order valence-corrected chi connectivity index (χ3v) is 2.31. The molecule has 0 saturated carbocycles. The van der Waals surface area contributed by atoms with Gasteiger partial charge in [-0.1, -0.05) is 12.2 Å². The first-order valence-electron chi connectivity index (χ1n) is 2.94. The first-order chi connectivity index (χ1) is 4.61. The quantitative estimate of drug-likeness (QED) is 0.584. The molecule has 10 heavy (non-hydrogen) atoms. The number of hydrogen-bond donors (Lipinski definition) is 1. The van der Waals surface area contributed by atoms with Gasteiger partial charge in [-0.25, -0.2) is 0 Å². The molecule has 0 bridgehead atoms. The van der Waals surface area contributed by atoms with Crippen molar-refractivity contribution in [1.29, 1.82) is 0 Å². The van der Waals surface area contributed by atoms with Gasteiger partial charge in [0.05, 0.1) is 4.91 Å². The summed E-state index contributed by atoms with van der Waals surface area (Å²) in [5.74, 6) is 0.